The third kappa shape index (κ3) is 5.49. The molecule has 1 fully saturated rings. The van der Waals surface area contributed by atoms with Crippen molar-refractivity contribution in [1.29, 1.82) is 0 Å². The van der Waals surface area contributed by atoms with Crippen LogP contribution in [0.1, 0.15) is 50.7 Å². The maximum Gasteiger partial charge on any atom is 0.223 e. The molecule has 130 valence electrons. The van der Waals surface area contributed by atoms with Gasteiger partial charge in [-0.15, -0.1) is 0 Å². The van der Waals surface area contributed by atoms with E-state index in [1.807, 2.05) is 0 Å². The number of hydrogen-bond acceptors (Lipinski definition) is 5. The maximum atomic E-state index is 5.29. The monoisotopic (exact) mass is 323 g/mol. The van der Waals surface area contributed by atoms with Gasteiger partial charge in [0.1, 0.15) is 6.54 Å². The number of hydrogen-bond donors (Lipinski definition) is 2. The zero-order valence-electron chi connectivity index (χ0n) is 14.5. The largest absolute Gasteiger partial charge is 0.385 e. The molecule has 0 unspecified atom stereocenters. The Labute approximate surface area is 138 Å². The normalized spacial score (nSPS) is 17.4. The topological polar surface area (TPSA) is 84.6 Å². The SMILES string of the molecule is CCNC(=NCc1noc(C)n1)NCC1(CCOC)CCCC1. The lowest BCUT2D eigenvalue weighted by Crippen LogP contribution is -2.43. The van der Waals surface area contributed by atoms with Gasteiger partial charge in [-0.3, -0.25) is 0 Å². The molecule has 1 aliphatic carbocycles. The van der Waals surface area contributed by atoms with Crippen molar-refractivity contribution in [2.45, 2.75) is 52.5 Å². The van der Waals surface area contributed by atoms with Crippen LogP contribution in [0, 0.1) is 12.3 Å². The number of aryl methyl sites for hydroxylation is 1. The zero-order chi connectivity index (χ0) is 16.5. The van der Waals surface area contributed by atoms with Crippen LogP contribution in [-0.4, -0.2) is 42.9 Å². The predicted octanol–water partition coefficient (Wildman–Crippen LogP) is 2.03. The minimum Gasteiger partial charge on any atom is -0.385 e. The summed E-state index contributed by atoms with van der Waals surface area (Å²) in [7, 11) is 1.77. The van der Waals surface area contributed by atoms with Crippen LogP contribution in [0.5, 0.6) is 0 Å². The molecule has 0 bridgehead atoms. The Bertz CT molecular complexity index is 494. The van der Waals surface area contributed by atoms with E-state index in [9.17, 15) is 0 Å². The van der Waals surface area contributed by atoms with Gasteiger partial charge in [-0.25, -0.2) is 4.99 Å². The number of ether oxygens (including phenoxy) is 1. The number of rotatable bonds is 8. The van der Waals surface area contributed by atoms with E-state index < -0.39 is 0 Å². The predicted molar refractivity (Wildman–Crippen MR) is 89.2 cm³/mol. The van der Waals surface area contributed by atoms with Gasteiger partial charge in [-0.05, 0) is 31.6 Å². The molecular formula is C16H29N5O2. The van der Waals surface area contributed by atoms with Crippen LogP contribution in [0.15, 0.2) is 9.52 Å². The molecule has 1 heterocycles. The van der Waals surface area contributed by atoms with Gasteiger partial charge in [0.2, 0.25) is 5.89 Å². The number of nitrogens with zero attached hydrogens (tertiary/aromatic N) is 3. The maximum absolute atomic E-state index is 5.29. The van der Waals surface area contributed by atoms with Gasteiger partial charge in [-0.2, -0.15) is 4.98 Å². The van der Waals surface area contributed by atoms with Crippen LogP contribution in [0.25, 0.3) is 0 Å². The van der Waals surface area contributed by atoms with E-state index in [0.29, 0.717) is 23.7 Å². The molecule has 0 spiro atoms. The van der Waals surface area contributed by atoms with Crippen LogP contribution in [0.4, 0.5) is 0 Å². The number of aliphatic imine (C=N–C) groups is 1. The standard InChI is InChI=1S/C16H29N5O2/c1-4-17-15(18-11-14-20-13(2)23-21-14)19-12-16(9-10-22-3)7-5-6-8-16/h4-12H2,1-3H3,(H2,17,18,19). The van der Waals surface area contributed by atoms with Crippen molar-refractivity contribution in [2.24, 2.45) is 10.4 Å². The number of methoxy groups -OCH3 is 1. The molecular weight excluding hydrogens is 294 g/mol. The first-order valence-corrected chi connectivity index (χ1v) is 8.48. The fraction of sp³-hybridized carbons (Fsp3) is 0.812. The summed E-state index contributed by atoms with van der Waals surface area (Å²) in [5.41, 5.74) is 0.328. The summed E-state index contributed by atoms with van der Waals surface area (Å²) in [6, 6.07) is 0. The Balaban J connectivity index is 1.92. The fourth-order valence-corrected chi connectivity index (χ4v) is 3.13. The Kier molecular flexibility index (Phi) is 6.83. The number of nitrogens with one attached hydrogen (secondary N) is 2. The van der Waals surface area contributed by atoms with Crippen LogP contribution in [0.2, 0.25) is 0 Å². The molecule has 0 saturated heterocycles. The first kappa shape index (κ1) is 17.7. The highest BCUT2D eigenvalue weighted by atomic mass is 16.5. The molecule has 1 aliphatic rings. The Morgan fingerprint density at radius 2 is 2.13 bits per heavy atom. The molecule has 1 aromatic heterocycles. The van der Waals surface area contributed by atoms with Gasteiger partial charge in [-0.1, -0.05) is 18.0 Å². The van der Waals surface area contributed by atoms with E-state index >= 15 is 0 Å². The second-order valence-corrected chi connectivity index (χ2v) is 6.23. The third-order valence-corrected chi connectivity index (χ3v) is 4.42. The van der Waals surface area contributed by atoms with Crippen molar-refractivity contribution in [3.05, 3.63) is 11.7 Å². The van der Waals surface area contributed by atoms with Crippen LogP contribution in [0.3, 0.4) is 0 Å². The lowest BCUT2D eigenvalue weighted by Gasteiger charge is -2.29. The molecule has 0 atom stereocenters. The van der Waals surface area contributed by atoms with E-state index in [2.05, 4.69) is 32.7 Å². The van der Waals surface area contributed by atoms with E-state index in [1.165, 1.54) is 25.7 Å². The van der Waals surface area contributed by atoms with Gasteiger partial charge in [0.25, 0.3) is 0 Å². The molecule has 0 aromatic carbocycles. The van der Waals surface area contributed by atoms with E-state index in [-0.39, 0.29) is 0 Å². The van der Waals surface area contributed by atoms with Crippen LogP contribution in [-0.2, 0) is 11.3 Å². The van der Waals surface area contributed by atoms with Crippen molar-refractivity contribution in [3.8, 4) is 0 Å². The summed E-state index contributed by atoms with van der Waals surface area (Å²) < 4.78 is 10.3. The first-order valence-electron chi connectivity index (χ1n) is 8.48. The molecule has 23 heavy (non-hydrogen) atoms. The summed E-state index contributed by atoms with van der Waals surface area (Å²) in [5.74, 6) is 1.98. The van der Waals surface area contributed by atoms with Gasteiger partial charge < -0.3 is 19.9 Å². The highest BCUT2D eigenvalue weighted by Crippen LogP contribution is 2.40. The van der Waals surface area contributed by atoms with E-state index in [4.69, 9.17) is 9.26 Å². The van der Waals surface area contributed by atoms with Gasteiger partial charge >= 0.3 is 0 Å². The summed E-state index contributed by atoms with van der Waals surface area (Å²) in [4.78, 5) is 8.73. The van der Waals surface area contributed by atoms with Crippen molar-refractivity contribution in [1.82, 2.24) is 20.8 Å². The van der Waals surface area contributed by atoms with Gasteiger partial charge in [0.15, 0.2) is 11.8 Å². The quantitative estimate of drug-likeness (QED) is 0.562. The molecule has 2 rings (SSSR count). The van der Waals surface area contributed by atoms with E-state index in [0.717, 1.165) is 32.1 Å². The lowest BCUT2D eigenvalue weighted by atomic mass is 9.83. The molecule has 1 saturated carbocycles. The second-order valence-electron chi connectivity index (χ2n) is 6.23. The Morgan fingerprint density at radius 3 is 2.74 bits per heavy atom. The summed E-state index contributed by atoms with van der Waals surface area (Å²) in [6.07, 6.45) is 6.22. The summed E-state index contributed by atoms with van der Waals surface area (Å²) in [5, 5.41) is 10.6. The van der Waals surface area contributed by atoms with Crippen LogP contribution >= 0.6 is 0 Å². The minimum absolute atomic E-state index is 0.328. The van der Waals surface area contributed by atoms with Crippen molar-refractivity contribution in [2.75, 3.05) is 26.8 Å². The van der Waals surface area contributed by atoms with Gasteiger partial charge in [0, 0.05) is 33.7 Å². The molecule has 2 N–H and O–H groups in total. The highest BCUT2D eigenvalue weighted by molar-refractivity contribution is 5.79. The molecule has 7 heteroatoms. The molecule has 0 amide bonds. The van der Waals surface area contributed by atoms with Crippen molar-refractivity contribution >= 4 is 5.96 Å². The first-order chi connectivity index (χ1) is 11.2. The number of aromatic nitrogens is 2. The van der Waals surface area contributed by atoms with E-state index in [1.54, 1.807) is 14.0 Å². The van der Waals surface area contributed by atoms with Crippen molar-refractivity contribution < 1.29 is 9.26 Å². The average molecular weight is 323 g/mol. The van der Waals surface area contributed by atoms with Crippen molar-refractivity contribution in [3.63, 3.8) is 0 Å². The molecule has 7 nitrogen and oxygen atoms in total. The number of guanidine groups is 1. The highest BCUT2D eigenvalue weighted by Gasteiger charge is 2.33. The summed E-state index contributed by atoms with van der Waals surface area (Å²) in [6.45, 7) is 6.82. The molecule has 0 aliphatic heterocycles. The van der Waals surface area contributed by atoms with Crippen LogP contribution < -0.4 is 10.6 Å². The molecule has 1 aromatic rings. The average Bonchev–Trinajstić information content (AvgIpc) is 3.18. The smallest absolute Gasteiger partial charge is 0.223 e. The fourth-order valence-electron chi connectivity index (χ4n) is 3.13. The second kappa shape index (κ2) is 8.86. The zero-order valence-corrected chi connectivity index (χ0v) is 14.5. The lowest BCUT2D eigenvalue weighted by molar-refractivity contribution is 0.138. The summed E-state index contributed by atoms with van der Waals surface area (Å²) >= 11 is 0. The Hall–Kier alpha value is -1.63. The molecule has 0 radical (unpaired) electrons. The van der Waals surface area contributed by atoms with Gasteiger partial charge in [0.05, 0.1) is 0 Å². The Morgan fingerprint density at radius 1 is 1.35 bits per heavy atom. The minimum atomic E-state index is 0.328. The third-order valence-electron chi connectivity index (χ3n) is 4.42.